The number of nitrogens with zero attached hydrogens (tertiary/aromatic N) is 4. The predicted octanol–water partition coefficient (Wildman–Crippen LogP) is 4.52. The quantitative estimate of drug-likeness (QED) is 0.568. The molecule has 2 N–H and O–H groups in total. The number of nitrogens with one attached hydrogen (secondary N) is 2. The minimum absolute atomic E-state index is 0.438. The molecule has 4 rings (SSSR count). The molecule has 0 aliphatic carbocycles. The van der Waals surface area contributed by atoms with Crippen LogP contribution in [0.15, 0.2) is 60.9 Å². The molecule has 26 heavy (non-hydrogen) atoms. The van der Waals surface area contributed by atoms with E-state index in [-0.39, 0.29) is 0 Å². The number of hydrogen-bond donors (Lipinski definition) is 2. The van der Waals surface area contributed by atoms with Gasteiger partial charge in [0.05, 0.1) is 17.4 Å². The van der Waals surface area contributed by atoms with E-state index in [9.17, 15) is 0 Å². The summed E-state index contributed by atoms with van der Waals surface area (Å²) in [4.78, 5) is 8.95. The highest BCUT2D eigenvalue weighted by molar-refractivity contribution is 5.91. The van der Waals surface area contributed by atoms with Gasteiger partial charge in [0.2, 0.25) is 5.95 Å². The summed E-state index contributed by atoms with van der Waals surface area (Å²) in [6.07, 6.45) is 3.37. The third-order valence-corrected chi connectivity index (χ3v) is 3.93. The molecule has 0 unspecified atom stereocenters. The summed E-state index contributed by atoms with van der Waals surface area (Å²) in [7, 11) is 0. The largest absolute Gasteiger partial charge is 0.337 e. The van der Waals surface area contributed by atoms with E-state index < -0.39 is 0 Å². The van der Waals surface area contributed by atoms with Crippen molar-refractivity contribution in [1.82, 2.24) is 20.2 Å². The van der Waals surface area contributed by atoms with Crippen LogP contribution in [0.25, 0.3) is 10.9 Å². The van der Waals surface area contributed by atoms with Crippen LogP contribution >= 0.6 is 0 Å². The van der Waals surface area contributed by atoms with Gasteiger partial charge in [-0.05, 0) is 49.2 Å². The molecule has 0 bridgehead atoms. The molecule has 0 fully saturated rings. The van der Waals surface area contributed by atoms with Crippen LogP contribution in [0.3, 0.4) is 0 Å². The fourth-order valence-electron chi connectivity index (χ4n) is 2.94. The number of aromatic nitrogens is 4. The minimum atomic E-state index is 0.438. The van der Waals surface area contributed by atoms with Crippen LogP contribution in [0.1, 0.15) is 11.1 Å². The Morgan fingerprint density at radius 2 is 1.69 bits per heavy atom. The predicted molar refractivity (Wildman–Crippen MR) is 104 cm³/mol. The van der Waals surface area contributed by atoms with E-state index in [0.29, 0.717) is 11.8 Å². The summed E-state index contributed by atoms with van der Waals surface area (Å²) in [5.74, 6) is 1.04. The molecular formula is C20H18N6. The van der Waals surface area contributed by atoms with E-state index in [2.05, 4.69) is 50.7 Å². The molecule has 0 amide bonds. The van der Waals surface area contributed by atoms with Crippen molar-refractivity contribution in [3.63, 3.8) is 0 Å². The van der Waals surface area contributed by atoms with E-state index in [1.54, 1.807) is 12.4 Å². The molecule has 6 heteroatoms. The number of aryl methyl sites for hydroxylation is 2. The van der Waals surface area contributed by atoms with E-state index >= 15 is 0 Å². The van der Waals surface area contributed by atoms with Crippen molar-refractivity contribution in [3.05, 3.63) is 72.1 Å². The molecule has 0 spiro atoms. The smallest absolute Gasteiger partial charge is 0.249 e. The van der Waals surface area contributed by atoms with Crippen LogP contribution in [0, 0.1) is 13.8 Å². The van der Waals surface area contributed by atoms with E-state index in [0.717, 1.165) is 22.3 Å². The Kier molecular flexibility index (Phi) is 4.15. The lowest BCUT2D eigenvalue weighted by Crippen LogP contribution is -2.03. The van der Waals surface area contributed by atoms with Gasteiger partial charge >= 0.3 is 0 Å². The Labute approximate surface area is 151 Å². The van der Waals surface area contributed by atoms with Crippen LogP contribution in [0.2, 0.25) is 0 Å². The molecule has 6 nitrogen and oxygen atoms in total. The van der Waals surface area contributed by atoms with Crippen molar-refractivity contribution < 1.29 is 0 Å². The average molecular weight is 342 g/mol. The number of benzene rings is 2. The van der Waals surface area contributed by atoms with Gasteiger partial charge in [-0.2, -0.15) is 10.1 Å². The fourth-order valence-corrected chi connectivity index (χ4v) is 2.94. The van der Waals surface area contributed by atoms with E-state index in [1.807, 2.05) is 42.5 Å². The Bertz CT molecular complexity index is 1050. The lowest BCUT2D eigenvalue weighted by atomic mass is 10.1. The zero-order chi connectivity index (χ0) is 17.9. The number of rotatable bonds is 4. The van der Waals surface area contributed by atoms with Crippen molar-refractivity contribution >= 4 is 34.0 Å². The maximum Gasteiger partial charge on any atom is 0.249 e. The molecule has 0 saturated heterocycles. The number of para-hydroxylation sites is 1. The van der Waals surface area contributed by atoms with Gasteiger partial charge in [0.25, 0.3) is 0 Å². The Morgan fingerprint density at radius 3 is 2.54 bits per heavy atom. The highest BCUT2D eigenvalue weighted by atomic mass is 15.3. The lowest BCUT2D eigenvalue weighted by molar-refractivity contribution is 0.982. The third-order valence-electron chi connectivity index (χ3n) is 3.93. The molecule has 0 aliphatic rings. The summed E-state index contributed by atoms with van der Waals surface area (Å²) >= 11 is 0. The Hall–Kier alpha value is -3.54. The van der Waals surface area contributed by atoms with Crippen molar-refractivity contribution in [1.29, 1.82) is 0 Å². The summed E-state index contributed by atoms with van der Waals surface area (Å²) in [6.45, 7) is 4.12. The molecule has 128 valence electrons. The van der Waals surface area contributed by atoms with Gasteiger partial charge in [0.1, 0.15) is 0 Å². The molecule has 0 saturated carbocycles. The standard InChI is InChI=1S/C20H18N6/c1-13-9-14(2)11-16(10-13)23-20-25-18(12-22-26-20)24-17-7-3-5-15-6-4-8-21-19(15)17/h3-12H,1-2H3,(H2,23,24,25,26). The van der Waals surface area contributed by atoms with Crippen LogP contribution in [0.4, 0.5) is 23.1 Å². The van der Waals surface area contributed by atoms with Gasteiger partial charge in [0, 0.05) is 17.3 Å². The molecular weight excluding hydrogens is 324 g/mol. The summed E-state index contributed by atoms with van der Waals surface area (Å²) < 4.78 is 0. The van der Waals surface area contributed by atoms with E-state index in [4.69, 9.17) is 0 Å². The monoisotopic (exact) mass is 342 g/mol. The Balaban J connectivity index is 1.61. The van der Waals surface area contributed by atoms with Gasteiger partial charge < -0.3 is 10.6 Å². The normalized spacial score (nSPS) is 10.7. The molecule has 2 aromatic carbocycles. The zero-order valence-corrected chi connectivity index (χ0v) is 14.6. The highest BCUT2D eigenvalue weighted by Crippen LogP contribution is 2.24. The second-order valence-corrected chi connectivity index (χ2v) is 6.17. The SMILES string of the molecule is Cc1cc(C)cc(Nc2nncc(Nc3cccc4cccnc34)n2)c1. The highest BCUT2D eigenvalue weighted by Gasteiger charge is 2.06. The first-order valence-electron chi connectivity index (χ1n) is 8.33. The van der Waals surface area contributed by atoms with Crippen molar-refractivity contribution in [3.8, 4) is 0 Å². The average Bonchev–Trinajstić information content (AvgIpc) is 2.61. The lowest BCUT2D eigenvalue weighted by Gasteiger charge is -2.10. The minimum Gasteiger partial charge on any atom is -0.337 e. The number of anilines is 4. The van der Waals surface area contributed by atoms with Crippen LogP contribution < -0.4 is 10.6 Å². The topological polar surface area (TPSA) is 75.6 Å². The van der Waals surface area contributed by atoms with Crippen molar-refractivity contribution in [2.24, 2.45) is 0 Å². The molecule has 0 aliphatic heterocycles. The summed E-state index contributed by atoms with van der Waals surface area (Å²) in [5.41, 5.74) is 5.06. The van der Waals surface area contributed by atoms with Gasteiger partial charge in [-0.1, -0.05) is 24.3 Å². The van der Waals surface area contributed by atoms with Crippen LogP contribution in [0.5, 0.6) is 0 Å². The molecule has 4 aromatic rings. The van der Waals surface area contributed by atoms with Gasteiger partial charge in [-0.25, -0.2) is 0 Å². The molecule has 2 heterocycles. The van der Waals surface area contributed by atoms with E-state index in [1.165, 1.54) is 11.1 Å². The van der Waals surface area contributed by atoms with Gasteiger partial charge in [-0.3, -0.25) is 4.98 Å². The zero-order valence-electron chi connectivity index (χ0n) is 14.6. The first-order valence-corrected chi connectivity index (χ1v) is 8.33. The summed E-state index contributed by atoms with van der Waals surface area (Å²) in [6, 6.07) is 16.1. The van der Waals surface area contributed by atoms with Crippen LogP contribution in [-0.4, -0.2) is 20.2 Å². The first-order chi connectivity index (χ1) is 12.7. The third kappa shape index (κ3) is 3.44. The van der Waals surface area contributed by atoms with Gasteiger partial charge in [-0.15, -0.1) is 5.10 Å². The second-order valence-electron chi connectivity index (χ2n) is 6.17. The van der Waals surface area contributed by atoms with Gasteiger partial charge in [0.15, 0.2) is 5.82 Å². The molecule has 0 atom stereocenters. The fraction of sp³-hybridized carbons (Fsp3) is 0.100. The van der Waals surface area contributed by atoms with Crippen LogP contribution in [-0.2, 0) is 0 Å². The maximum absolute atomic E-state index is 4.51. The number of fused-ring (bicyclic) bond motifs is 1. The number of hydrogen-bond acceptors (Lipinski definition) is 6. The molecule has 0 radical (unpaired) electrons. The second kappa shape index (κ2) is 6.76. The first kappa shape index (κ1) is 16.0. The van der Waals surface area contributed by atoms with Crippen molar-refractivity contribution in [2.45, 2.75) is 13.8 Å². The molecule has 2 aromatic heterocycles. The Morgan fingerprint density at radius 1 is 0.885 bits per heavy atom. The summed E-state index contributed by atoms with van der Waals surface area (Å²) in [5, 5.41) is 15.7. The van der Waals surface area contributed by atoms with Crippen molar-refractivity contribution in [2.75, 3.05) is 10.6 Å². The maximum atomic E-state index is 4.51. The number of pyridine rings is 1.